The lowest BCUT2D eigenvalue weighted by Crippen LogP contribution is -2.45. The number of anilines is 1. The van der Waals surface area contributed by atoms with Crippen LogP contribution in [-0.2, 0) is 0 Å². The molecule has 3 aliphatic rings. The highest BCUT2D eigenvalue weighted by Crippen LogP contribution is 2.38. The fraction of sp³-hybridized carbons (Fsp3) is 0.400. The van der Waals surface area contributed by atoms with Crippen molar-refractivity contribution >= 4 is 5.95 Å². The Morgan fingerprint density at radius 2 is 1.83 bits per heavy atom. The van der Waals surface area contributed by atoms with E-state index < -0.39 is 0 Å². The Balaban J connectivity index is 0.000000231. The van der Waals surface area contributed by atoms with Gasteiger partial charge < -0.3 is 5.11 Å². The Labute approximate surface area is 143 Å². The van der Waals surface area contributed by atoms with E-state index in [-0.39, 0.29) is 17.6 Å². The van der Waals surface area contributed by atoms with E-state index in [2.05, 4.69) is 54.1 Å². The Bertz CT molecular complexity index is 719. The number of hydrogen-bond acceptors (Lipinski definition) is 4. The monoisotopic (exact) mass is 321 g/mol. The number of aliphatic hydroxyl groups is 1. The Hall–Kier alpha value is -2.38. The summed E-state index contributed by atoms with van der Waals surface area (Å²) in [5.74, 6) is 0.567. The molecule has 1 fully saturated rings. The van der Waals surface area contributed by atoms with E-state index >= 15 is 0 Å². The summed E-state index contributed by atoms with van der Waals surface area (Å²) in [6.45, 7) is 4.15. The average molecular weight is 321 g/mol. The van der Waals surface area contributed by atoms with Crippen LogP contribution in [0.3, 0.4) is 0 Å². The Morgan fingerprint density at radius 1 is 1.17 bits per heavy atom. The number of fused-ring (bicyclic) bond motifs is 1. The van der Waals surface area contributed by atoms with E-state index in [1.807, 2.05) is 0 Å². The van der Waals surface area contributed by atoms with Gasteiger partial charge in [0.15, 0.2) is 0 Å². The summed E-state index contributed by atoms with van der Waals surface area (Å²) in [7, 11) is 0. The molecule has 0 amide bonds. The molecule has 1 saturated carbocycles. The van der Waals surface area contributed by atoms with Crippen LogP contribution in [-0.4, -0.2) is 27.2 Å². The average Bonchev–Trinajstić information content (AvgIpc) is 3.18. The number of rotatable bonds is 2. The van der Waals surface area contributed by atoms with E-state index in [1.54, 1.807) is 23.4 Å². The van der Waals surface area contributed by atoms with Gasteiger partial charge in [0.1, 0.15) is 0 Å². The predicted octanol–water partition coefficient (Wildman–Crippen LogP) is 3.48. The quantitative estimate of drug-likeness (QED) is 0.580. The van der Waals surface area contributed by atoms with E-state index in [0.29, 0.717) is 5.95 Å². The van der Waals surface area contributed by atoms with Crippen LogP contribution in [0, 0.1) is 17.9 Å². The van der Waals surface area contributed by atoms with Crippen LogP contribution in [0.15, 0.2) is 42.7 Å². The third-order valence-electron chi connectivity index (χ3n) is 4.82. The molecule has 4 nitrogen and oxygen atoms in total. The van der Waals surface area contributed by atoms with E-state index in [0.717, 1.165) is 19.3 Å². The predicted molar refractivity (Wildman–Crippen MR) is 96.2 cm³/mol. The highest BCUT2D eigenvalue weighted by Gasteiger charge is 2.38. The zero-order valence-corrected chi connectivity index (χ0v) is 14.2. The Morgan fingerprint density at radius 3 is 2.29 bits per heavy atom. The van der Waals surface area contributed by atoms with Gasteiger partial charge in [-0.2, -0.15) is 0 Å². The first kappa shape index (κ1) is 16.5. The van der Waals surface area contributed by atoms with Gasteiger partial charge in [-0.1, -0.05) is 38.5 Å². The van der Waals surface area contributed by atoms with Gasteiger partial charge >= 0.3 is 0 Å². The minimum atomic E-state index is -0.259. The van der Waals surface area contributed by atoms with E-state index in [4.69, 9.17) is 6.42 Å². The topological polar surface area (TPSA) is 49.2 Å². The maximum atomic E-state index is 9.98. The van der Waals surface area contributed by atoms with Crippen LogP contribution in [0.4, 0.5) is 5.95 Å². The highest BCUT2D eigenvalue weighted by atomic mass is 16.3. The Kier molecular flexibility index (Phi) is 4.55. The summed E-state index contributed by atoms with van der Waals surface area (Å²) in [6.07, 6.45) is 11.2. The van der Waals surface area contributed by atoms with Gasteiger partial charge in [-0.05, 0) is 47.9 Å². The maximum Gasteiger partial charge on any atom is 0.237 e. The third kappa shape index (κ3) is 3.58. The third-order valence-corrected chi connectivity index (χ3v) is 4.82. The van der Waals surface area contributed by atoms with Crippen molar-refractivity contribution in [1.29, 1.82) is 0 Å². The zero-order valence-electron chi connectivity index (χ0n) is 14.2. The molecule has 0 bridgehead atoms. The molecule has 0 radical (unpaired) electrons. The summed E-state index contributed by atoms with van der Waals surface area (Å²) < 4.78 is 0. The first-order valence-corrected chi connectivity index (χ1v) is 8.32. The fourth-order valence-corrected chi connectivity index (χ4v) is 3.22. The summed E-state index contributed by atoms with van der Waals surface area (Å²) >= 11 is 0. The minimum Gasteiger partial charge on any atom is -0.393 e. The maximum absolute atomic E-state index is 9.98. The molecule has 1 aromatic heterocycles. The smallest absolute Gasteiger partial charge is 0.237 e. The summed E-state index contributed by atoms with van der Waals surface area (Å²) in [5.41, 5.74) is 2.73. The van der Waals surface area contributed by atoms with Gasteiger partial charge in [0.2, 0.25) is 5.95 Å². The molecule has 24 heavy (non-hydrogen) atoms. The fourth-order valence-electron chi connectivity index (χ4n) is 3.22. The first-order valence-electron chi connectivity index (χ1n) is 8.32. The standard InChI is InChI=1S/C14H19N3O.C6H4/c1-4-17(13-15-8-5-9-16-13)11-6-7-12(18)14(2,3)10-11;1-2-5-4-6(5)3-1/h1,5,8-9,11-12,18H,6-7,10H2,2-3H3;1-4H. The van der Waals surface area contributed by atoms with Crippen molar-refractivity contribution in [1.82, 2.24) is 9.97 Å². The molecule has 2 unspecified atom stereocenters. The SMILES string of the molecule is C#CN(c1ncccn1)C1CCC(O)C(C)(C)C1.c1cc2cc-2c1. The molecule has 124 valence electrons. The van der Waals surface area contributed by atoms with Crippen molar-refractivity contribution in [2.45, 2.75) is 45.3 Å². The second kappa shape index (κ2) is 6.62. The molecular formula is C20H23N3O. The van der Waals surface area contributed by atoms with Crippen LogP contribution in [0.5, 0.6) is 0 Å². The number of benzene rings is 1. The molecular weight excluding hydrogens is 298 g/mol. The molecule has 0 saturated heterocycles. The lowest BCUT2D eigenvalue weighted by molar-refractivity contribution is 0.00674. The number of nitrogens with zero attached hydrogens (tertiary/aromatic N) is 3. The van der Waals surface area contributed by atoms with Crippen LogP contribution in [0.1, 0.15) is 33.1 Å². The number of aliphatic hydroxyl groups excluding tert-OH is 1. The second-order valence-corrected chi connectivity index (χ2v) is 7.07. The zero-order chi connectivity index (χ0) is 17.2. The first-order chi connectivity index (χ1) is 11.5. The van der Waals surface area contributed by atoms with Crippen LogP contribution in [0.25, 0.3) is 11.1 Å². The molecule has 4 rings (SSSR count). The molecule has 0 spiro atoms. The van der Waals surface area contributed by atoms with Crippen LogP contribution in [0.2, 0.25) is 0 Å². The normalized spacial score (nSPS) is 22.6. The molecule has 1 aromatic rings. The van der Waals surface area contributed by atoms with E-state index in [1.165, 1.54) is 11.1 Å². The van der Waals surface area contributed by atoms with Crippen LogP contribution >= 0.6 is 0 Å². The van der Waals surface area contributed by atoms with Crippen molar-refractivity contribution in [3.63, 3.8) is 0 Å². The number of hydrogen-bond donors (Lipinski definition) is 1. The van der Waals surface area contributed by atoms with Gasteiger partial charge in [0, 0.05) is 24.5 Å². The number of terminal acetylenes is 1. The molecule has 3 aliphatic carbocycles. The van der Waals surface area contributed by atoms with Gasteiger partial charge in [0.25, 0.3) is 0 Å². The molecule has 4 heteroatoms. The largest absolute Gasteiger partial charge is 0.393 e. The van der Waals surface area contributed by atoms with Gasteiger partial charge in [0.05, 0.1) is 6.10 Å². The minimum absolute atomic E-state index is 0.118. The van der Waals surface area contributed by atoms with Gasteiger partial charge in [-0.3, -0.25) is 4.90 Å². The second-order valence-electron chi connectivity index (χ2n) is 7.07. The number of aromatic nitrogens is 2. The molecule has 0 aromatic carbocycles. The van der Waals surface area contributed by atoms with Gasteiger partial charge in [-0.15, -0.1) is 0 Å². The van der Waals surface area contributed by atoms with Crippen molar-refractivity contribution in [2.24, 2.45) is 5.41 Å². The lowest BCUT2D eigenvalue weighted by atomic mass is 9.72. The van der Waals surface area contributed by atoms with E-state index in [9.17, 15) is 5.11 Å². The summed E-state index contributed by atoms with van der Waals surface area (Å²) in [4.78, 5) is 10.2. The van der Waals surface area contributed by atoms with Crippen molar-refractivity contribution in [2.75, 3.05) is 4.90 Å². The van der Waals surface area contributed by atoms with Crippen molar-refractivity contribution < 1.29 is 5.11 Å². The van der Waals surface area contributed by atoms with Crippen LogP contribution < -0.4 is 4.90 Å². The lowest BCUT2D eigenvalue weighted by Gasteiger charge is -2.42. The highest BCUT2D eigenvalue weighted by molar-refractivity contribution is 5.80. The van der Waals surface area contributed by atoms with Gasteiger partial charge in [-0.25, -0.2) is 9.97 Å². The molecule has 1 heterocycles. The summed E-state index contributed by atoms with van der Waals surface area (Å²) in [5, 5.41) is 9.98. The molecule has 1 N–H and O–H groups in total. The van der Waals surface area contributed by atoms with Crippen molar-refractivity contribution in [3.05, 3.63) is 42.7 Å². The summed E-state index contributed by atoms with van der Waals surface area (Å²) in [6, 6.07) is 13.1. The molecule has 0 aliphatic heterocycles. The molecule has 2 atom stereocenters. The van der Waals surface area contributed by atoms with Crippen molar-refractivity contribution in [3.8, 4) is 23.6 Å².